The van der Waals surface area contributed by atoms with Crippen LogP contribution in [-0.4, -0.2) is 32.0 Å². The molecule has 0 radical (unpaired) electrons. The first-order chi connectivity index (χ1) is 6.74. The summed E-state index contributed by atoms with van der Waals surface area (Å²) in [5, 5.41) is 12.2. The Morgan fingerprint density at radius 1 is 1.50 bits per heavy atom. The maximum absolute atomic E-state index is 5.43. The summed E-state index contributed by atoms with van der Waals surface area (Å²) in [5.41, 5.74) is 5.43. The number of hydrogen-bond donors (Lipinski definition) is 1. The largest absolute Gasteiger partial charge is 0.330 e. The quantitative estimate of drug-likeness (QED) is 0.755. The number of nitrogens with two attached hydrogens (primary N) is 1. The van der Waals surface area contributed by atoms with Gasteiger partial charge in [-0.15, -0.1) is 5.10 Å². The van der Waals surface area contributed by atoms with Crippen molar-refractivity contribution in [2.45, 2.75) is 37.8 Å². The number of aromatic nitrogens is 4. The third-order valence-corrected chi connectivity index (χ3v) is 2.82. The van der Waals surface area contributed by atoms with Gasteiger partial charge in [-0.2, -0.15) is 11.8 Å². The van der Waals surface area contributed by atoms with Crippen molar-refractivity contribution in [2.75, 3.05) is 6.54 Å². The number of aryl methyl sites for hydroxylation is 1. The molecule has 14 heavy (non-hydrogen) atoms. The van der Waals surface area contributed by atoms with Crippen LogP contribution in [0.15, 0.2) is 0 Å². The van der Waals surface area contributed by atoms with E-state index in [-0.39, 0.29) is 0 Å². The Hall–Kier alpha value is -0.620. The number of nitrogens with zero attached hydrogens (tertiary/aromatic N) is 4. The van der Waals surface area contributed by atoms with Crippen LogP contribution in [0.2, 0.25) is 0 Å². The molecular formula is C8H17N5S. The SMILES string of the molecule is CC(C)SCc1nnnn1CCCN. The van der Waals surface area contributed by atoms with Gasteiger partial charge in [0.25, 0.3) is 0 Å². The average molecular weight is 215 g/mol. The van der Waals surface area contributed by atoms with Crippen LogP contribution < -0.4 is 5.73 Å². The van der Waals surface area contributed by atoms with E-state index in [1.54, 1.807) is 0 Å². The molecule has 0 saturated heterocycles. The lowest BCUT2D eigenvalue weighted by Gasteiger charge is -2.05. The summed E-state index contributed by atoms with van der Waals surface area (Å²) in [4.78, 5) is 0. The minimum Gasteiger partial charge on any atom is -0.330 e. The van der Waals surface area contributed by atoms with Gasteiger partial charge in [-0.05, 0) is 28.6 Å². The molecule has 0 atom stereocenters. The van der Waals surface area contributed by atoms with Gasteiger partial charge < -0.3 is 5.73 Å². The van der Waals surface area contributed by atoms with Gasteiger partial charge in [0.15, 0.2) is 5.82 Å². The second kappa shape index (κ2) is 5.98. The second-order valence-electron chi connectivity index (χ2n) is 3.32. The van der Waals surface area contributed by atoms with Crippen molar-refractivity contribution < 1.29 is 0 Å². The van der Waals surface area contributed by atoms with E-state index >= 15 is 0 Å². The molecule has 0 bridgehead atoms. The first kappa shape index (κ1) is 11.5. The third-order valence-electron chi connectivity index (χ3n) is 1.73. The maximum atomic E-state index is 5.43. The number of tetrazole rings is 1. The Kier molecular flexibility index (Phi) is 4.89. The summed E-state index contributed by atoms with van der Waals surface area (Å²) in [6.07, 6.45) is 0.921. The summed E-state index contributed by atoms with van der Waals surface area (Å²) in [6.45, 7) is 5.82. The minimum absolute atomic E-state index is 0.606. The van der Waals surface area contributed by atoms with E-state index in [1.807, 2.05) is 16.4 Å². The van der Waals surface area contributed by atoms with Crippen LogP contribution in [0, 0.1) is 0 Å². The molecule has 0 aliphatic carbocycles. The lowest BCUT2D eigenvalue weighted by molar-refractivity contribution is 0.551. The summed E-state index contributed by atoms with van der Waals surface area (Å²) in [7, 11) is 0. The van der Waals surface area contributed by atoms with E-state index in [1.165, 1.54) is 0 Å². The molecule has 0 aromatic carbocycles. The zero-order valence-corrected chi connectivity index (χ0v) is 9.50. The molecule has 80 valence electrons. The van der Waals surface area contributed by atoms with E-state index < -0.39 is 0 Å². The van der Waals surface area contributed by atoms with Crippen LogP contribution in [-0.2, 0) is 12.3 Å². The van der Waals surface area contributed by atoms with Gasteiger partial charge in [-0.1, -0.05) is 13.8 Å². The van der Waals surface area contributed by atoms with Crippen molar-refractivity contribution in [3.05, 3.63) is 5.82 Å². The molecule has 0 spiro atoms. The van der Waals surface area contributed by atoms with E-state index in [2.05, 4.69) is 29.4 Å². The Morgan fingerprint density at radius 2 is 2.29 bits per heavy atom. The minimum atomic E-state index is 0.606. The van der Waals surface area contributed by atoms with Crippen molar-refractivity contribution in [2.24, 2.45) is 5.73 Å². The predicted octanol–water partition coefficient (Wildman–Crippen LogP) is 0.664. The third kappa shape index (κ3) is 3.63. The highest BCUT2D eigenvalue weighted by molar-refractivity contribution is 7.99. The molecule has 6 heteroatoms. The van der Waals surface area contributed by atoms with Crippen LogP contribution in [0.3, 0.4) is 0 Å². The van der Waals surface area contributed by atoms with Gasteiger partial charge in [0.1, 0.15) is 0 Å². The number of hydrogen-bond acceptors (Lipinski definition) is 5. The molecule has 1 heterocycles. The molecule has 1 rings (SSSR count). The Bertz CT molecular complexity index is 260. The highest BCUT2D eigenvalue weighted by Gasteiger charge is 2.06. The van der Waals surface area contributed by atoms with E-state index in [0.29, 0.717) is 11.8 Å². The molecule has 5 nitrogen and oxygen atoms in total. The molecule has 0 fully saturated rings. The molecule has 1 aromatic heterocycles. The van der Waals surface area contributed by atoms with Crippen LogP contribution in [0.5, 0.6) is 0 Å². The topological polar surface area (TPSA) is 69.6 Å². The van der Waals surface area contributed by atoms with Crippen LogP contribution in [0.1, 0.15) is 26.1 Å². The van der Waals surface area contributed by atoms with Crippen molar-refractivity contribution in [1.82, 2.24) is 20.2 Å². The van der Waals surface area contributed by atoms with E-state index in [4.69, 9.17) is 5.73 Å². The summed E-state index contributed by atoms with van der Waals surface area (Å²) < 4.78 is 1.84. The van der Waals surface area contributed by atoms with Crippen molar-refractivity contribution >= 4 is 11.8 Å². The normalized spacial score (nSPS) is 11.1. The summed E-state index contributed by atoms with van der Waals surface area (Å²) in [6, 6.07) is 0. The molecule has 1 aromatic rings. The highest BCUT2D eigenvalue weighted by Crippen LogP contribution is 2.14. The molecule has 0 saturated carbocycles. The summed E-state index contributed by atoms with van der Waals surface area (Å²) >= 11 is 1.84. The van der Waals surface area contributed by atoms with Gasteiger partial charge in [-0.3, -0.25) is 0 Å². The van der Waals surface area contributed by atoms with Gasteiger partial charge >= 0.3 is 0 Å². The zero-order valence-electron chi connectivity index (χ0n) is 8.68. The van der Waals surface area contributed by atoms with E-state index in [0.717, 1.165) is 24.5 Å². The maximum Gasteiger partial charge on any atom is 0.161 e. The van der Waals surface area contributed by atoms with Crippen molar-refractivity contribution in [3.8, 4) is 0 Å². The fourth-order valence-electron chi connectivity index (χ4n) is 0.983. The van der Waals surface area contributed by atoms with Crippen LogP contribution >= 0.6 is 11.8 Å². The van der Waals surface area contributed by atoms with Gasteiger partial charge in [0.2, 0.25) is 0 Å². The molecule has 0 amide bonds. The second-order valence-corrected chi connectivity index (χ2v) is 4.89. The molecule has 2 N–H and O–H groups in total. The molecule has 0 aliphatic rings. The van der Waals surface area contributed by atoms with Gasteiger partial charge in [0, 0.05) is 6.54 Å². The standard InChI is InChI=1S/C8H17N5S/c1-7(2)14-6-8-10-11-12-13(8)5-3-4-9/h7H,3-6,9H2,1-2H3. The van der Waals surface area contributed by atoms with Crippen LogP contribution in [0.25, 0.3) is 0 Å². The van der Waals surface area contributed by atoms with E-state index in [9.17, 15) is 0 Å². The Labute approximate surface area is 88.4 Å². The lowest BCUT2D eigenvalue weighted by atomic mass is 10.4. The predicted molar refractivity (Wildman–Crippen MR) is 57.9 cm³/mol. The van der Waals surface area contributed by atoms with Crippen molar-refractivity contribution in [3.63, 3.8) is 0 Å². The van der Waals surface area contributed by atoms with Gasteiger partial charge in [-0.25, -0.2) is 4.68 Å². The zero-order chi connectivity index (χ0) is 10.4. The lowest BCUT2D eigenvalue weighted by Crippen LogP contribution is -2.10. The molecule has 0 unspecified atom stereocenters. The smallest absolute Gasteiger partial charge is 0.161 e. The fraction of sp³-hybridized carbons (Fsp3) is 0.875. The van der Waals surface area contributed by atoms with Crippen molar-refractivity contribution in [1.29, 1.82) is 0 Å². The monoisotopic (exact) mass is 215 g/mol. The van der Waals surface area contributed by atoms with Gasteiger partial charge in [0.05, 0.1) is 5.75 Å². The summed E-state index contributed by atoms with van der Waals surface area (Å²) in [5.74, 6) is 1.81. The Morgan fingerprint density at radius 3 is 2.93 bits per heavy atom. The number of rotatable bonds is 6. The fourth-order valence-corrected chi connectivity index (χ4v) is 1.67. The first-order valence-electron chi connectivity index (χ1n) is 4.80. The average Bonchev–Trinajstić information content (AvgIpc) is 2.58. The molecular weight excluding hydrogens is 198 g/mol. The molecule has 0 aliphatic heterocycles. The Balaban J connectivity index is 2.45. The number of thioether (sulfide) groups is 1. The highest BCUT2D eigenvalue weighted by atomic mass is 32.2. The van der Waals surface area contributed by atoms with Crippen LogP contribution in [0.4, 0.5) is 0 Å². The first-order valence-corrected chi connectivity index (χ1v) is 5.85.